The van der Waals surface area contributed by atoms with Crippen molar-refractivity contribution < 1.29 is 13.0 Å². The first-order valence-electron chi connectivity index (χ1n) is 10.7. The first kappa shape index (κ1) is 20.8. The van der Waals surface area contributed by atoms with Gasteiger partial charge >= 0.3 is 0 Å². The molecule has 0 radical (unpaired) electrons. The molecule has 0 spiro atoms. The summed E-state index contributed by atoms with van der Waals surface area (Å²) in [6.07, 6.45) is 4.79. The lowest BCUT2D eigenvalue weighted by Crippen LogP contribution is -2.39. The Labute approximate surface area is 187 Å². The van der Waals surface area contributed by atoms with E-state index in [-0.39, 0.29) is 5.75 Å². The highest BCUT2D eigenvalue weighted by Gasteiger charge is 2.40. The third kappa shape index (κ3) is 4.06. The van der Waals surface area contributed by atoms with Crippen LogP contribution in [0.15, 0.2) is 52.3 Å². The molecule has 5 nitrogen and oxygen atoms in total. The molecule has 1 atom stereocenters. The minimum absolute atomic E-state index is 0.315. The number of rotatable bonds is 4. The molecule has 1 aliphatic carbocycles. The van der Waals surface area contributed by atoms with E-state index >= 15 is 0 Å². The number of benzene rings is 2. The molecule has 2 heterocycles. The number of nitriles is 1. The second-order valence-corrected chi connectivity index (χ2v) is 11.2. The standard InChI is InChI=1S/C24H24N2O3S2/c25-12-17-9-10-23-19(11-17)20-14-26(13-16-5-1-2-6-16)21(15-31(27,28)29)24(20)18-7-3-4-8-22(18)30-23/h3-4,7-11,16,21H,1-2,5-6,13-15H2,(H,27,28,29). The molecule has 0 saturated heterocycles. The molecule has 1 fully saturated rings. The summed E-state index contributed by atoms with van der Waals surface area (Å²) < 4.78 is 33.9. The monoisotopic (exact) mass is 452 g/mol. The van der Waals surface area contributed by atoms with Crippen LogP contribution in [0.1, 0.15) is 42.4 Å². The molecule has 7 heteroatoms. The van der Waals surface area contributed by atoms with E-state index < -0.39 is 16.2 Å². The highest BCUT2D eigenvalue weighted by molar-refractivity contribution is 7.99. The van der Waals surface area contributed by atoms with Gasteiger partial charge in [0.25, 0.3) is 10.1 Å². The van der Waals surface area contributed by atoms with Gasteiger partial charge in [0.05, 0.1) is 23.4 Å². The number of fused-ring (bicyclic) bond motifs is 4. The Morgan fingerprint density at radius 2 is 1.84 bits per heavy atom. The average Bonchev–Trinajstić information content (AvgIpc) is 3.33. The summed E-state index contributed by atoms with van der Waals surface area (Å²) in [5.41, 5.74) is 4.69. The normalized spacial score (nSPS) is 21.4. The lowest BCUT2D eigenvalue weighted by Gasteiger charge is -2.29. The van der Waals surface area contributed by atoms with Crippen LogP contribution in [-0.4, -0.2) is 42.8 Å². The summed E-state index contributed by atoms with van der Waals surface area (Å²) in [5, 5.41) is 9.47. The highest BCUT2D eigenvalue weighted by Crippen LogP contribution is 2.49. The summed E-state index contributed by atoms with van der Waals surface area (Å²) in [7, 11) is -4.16. The van der Waals surface area contributed by atoms with Crippen molar-refractivity contribution in [3.63, 3.8) is 0 Å². The predicted octanol–water partition coefficient (Wildman–Crippen LogP) is 4.70. The van der Waals surface area contributed by atoms with Crippen molar-refractivity contribution in [2.45, 2.75) is 41.5 Å². The van der Waals surface area contributed by atoms with Crippen LogP contribution in [0.5, 0.6) is 0 Å². The van der Waals surface area contributed by atoms with E-state index in [9.17, 15) is 18.2 Å². The van der Waals surface area contributed by atoms with Crippen LogP contribution < -0.4 is 0 Å². The third-order valence-electron chi connectivity index (χ3n) is 6.63. The quantitative estimate of drug-likeness (QED) is 0.678. The second-order valence-electron chi connectivity index (χ2n) is 8.66. The summed E-state index contributed by atoms with van der Waals surface area (Å²) in [4.78, 5) is 4.38. The smallest absolute Gasteiger partial charge is 0.266 e. The Hall–Kier alpha value is -2.11. The Morgan fingerprint density at radius 1 is 1.10 bits per heavy atom. The van der Waals surface area contributed by atoms with Gasteiger partial charge in [-0.05, 0) is 65.3 Å². The van der Waals surface area contributed by atoms with E-state index in [2.05, 4.69) is 17.0 Å². The number of hydrogen-bond acceptors (Lipinski definition) is 5. The molecule has 1 saturated carbocycles. The lowest BCUT2D eigenvalue weighted by molar-refractivity contribution is 0.244. The van der Waals surface area contributed by atoms with E-state index in [1.807, 2.05) is 36.4 Å². The molecule has 31 heavy (non-hydrogen) atoms. The van der Waals surface area contributed by atoms with Gasteiger partial charge in [-0.2, -0.15) is 13.7 Å². The maximum atomic E-state index is 12.0. The van der Waals surface area contributed by atoms with Crippen LogP contribution in [0.3, 0.4) is 0 Å². The Morgan fingerprint density at radius 3 is 2.58 bits per heavy atom. The van der Waals surface area contributed by atoms with Crippen molar-refractivity contribution in [2.24, 2.45) is 5.92 Å². The molecule has 2 aromatic rings. The lowest BCUT2D eigenvalue weighted by atomic mass is 9.93. The first-order valence-corrected chi connectivity index (χ1v) is 13.1. The van der Waals surface area contributed by atoms with Gasteiger partial charge in [-0.25, -0.2) is 0 Å². The fourth-order valence-electron chi connectivity index (χ4n) is 5.28. The van der Waals surface area contributed by atoms with E-state index in [4.69, 9.17) is 0 Å². The molecule has 5 rings (SSSR count). The van der Waals surface area contributed by atoms with Gasteiger partial charge < -0.3 is 0 Å². The third-order valence-corrected chi connectivity index (χ3v) is 8.52. The second kappa shape index (κ2) is 8.10. The van der Waals surface area contributed by atoms with Crippen molar-refractivity contribution in [3.05, 3.63) is 59.2 Å². The van der Waals surface area contributed by atoms with Gasteiger partial charge in [0.1, 0.15) is 0 Å². The molecule has 0 amide bonds. The predicted molar refractivity (Wildman–Crippen MR) is 122 cm³/mol. The SMILES string of the molecule is N#Cc1ccc2c(c1)C1=C(c3ccccc3S2)C(CS(=O)(=O)O)N(CC2CCCC2)C1. The Bertz CT molecular complexity index is 1210. The molecule has 2 aromatic carbocycles. The minimum atomic E-state index is -4.16. The van der Waals surface area contributed by atoms with Crippen LogP contribution in [0, 0.1) is 17.2 Å². The molecule has 0 bridgehead atoms. The summed E-state index contributed by atoms with van der Waals surface area (Å²) in [6, 6.07) is 15.7. The van der Waals surface area contributed by atoms with E-state index in [1.165, 1.54) is 25.7 Å². The van der Waals surface area contributed by atoms with Crippen LogP contribution in [-0.2, 0) is 10.1 Å². The molecular weight excluding hydrogens is 428 g/mol. The highest BCUT2D eigenvalue weighted by atomic mass is 32.2. The maximum absolute atomic E-state index is 12.0. The fourth-order valence-corrected chi connectivity index (χ4v) is 7.16. The van der Waals surface area contributed by atoms with Crippen LogP contribution >= 0.6 is 11.8 Å². The largest absolute Gasteiger partial charge is 0.291 e. The zero-order valence-electron chi connectivity index (χ0n) is 17.1. The van der Waals surface area contributed by atoms with Gasteiger partial charge in [-0.1, -0.05) is 42.8 Å². The minimum Gasteiger partial charge on any atom is -0.291 e. The summed E-state index contributed by atoms with van der Waals surface area (Å²) in [5.74, 6) is 0.243. The van der Waals surface area contributed by atoms with E-state index in [0.29, 0.717) is 18.0 Å². The van der Waals surface area contributed by atoms with Crippen molar-refractivity contribution in [1.82, 2.24) is 4.90 Å². The van der Waals surface area contributed by atoms with Gasteiger partial charge in [-0.15, -0.1) is 0 Å². The first-order chi connectivity index (χ1) is 14.9. The average molecular weight is 453 g/mol. The van der Waals surface area contributed by atoms with E-state index in [1.54, 1.807) is 11.8 Å². The van der Waals surface area contributed by atoms with Gasteiger partial charge in [-0.3, -0.25) is 9.45 Å². The van der Waals surface area contributed by atoms with Gasteiger partial charge in [0.15, 0.2) is 0 Å². The fraction of sp³-hybridized carbons (Fsp3) is 0.375. The van der Waals surface area contributed by atoms with Gasteiger partial charge in [0.2, 0.25) is 0 Å². The zero-order valence-corrected chi connectivity index (χ0v) is 18.8. The Balaban J connectivity index is 1.68. The topological polar surface area (TPSA) is 81.4 Å². The number of hydrogen-bond donors (Lipinski definition) is 1. The Kier molecular flexibility index (Phi) is 5.43. The van der Waals surface area contributed by atoms with E-state index in [0.717, 1.165) is 38.6 Å². The molecule has 1 unspecified atom stereocenters. The summed E-state index contributed by atoms with van der Waals surface area (Å²) >= 11 is 1.65. The molecule has 0 aromatic heterocycles. The molecule has 3 aliphatic rings. The van der Waals surface area contributed by atoms with Crippen LogP contribution in [0.2, 0.25) is 0 Å². The van der Waals surface area contributed by atoms with Crippen LogP contribution in [0.4, 0.5) is 0 Å². The van der Waals surface area contributed by atoms with Crippen molar-refractivity contribution in [1.29, 1.82) is 5.26 Å². The number of nitrogens with zero attached hydrogens (tertiary/aromatic N) is 2. The van der Waals surface area contributed by atoms with Crippen molar-refractivity contribution in [2.75, 3.05) is 18.8 Å². The maximum Gasteiger partial charge on any atom is 0.266 e. The molecular formula is C24H24N2O3S2. The molecule has 1 N–H and O–H groups in total. The summed E-state index contributed by atoms with van der Waals surface area (Å²) in [6.45, 7) is 1.46. The zero-order chi connectivity index (χ0) is 21.6. The molecule has 160 valence electrons. The van der Waals surface area contributed by atoms with Crippen molar-refractivity contribution >= 4 is 33.0 Å². The molecule has 2 aliphatic heterocycles. The van der Waals surface area contributed by atoms with Crippen LogP contribution in [0.25, 0.3) is 11.1 Å². The van der Waals surface area contributed by atoms with Crippen molar-refractivity contribution in [3.8, 4) is 6.07 Å². The van der Waals surface area contributed by atoms with Gasteiger partial charge in [0, 0.05) is 22.9 Å².